The molecule has 8 unspecified atom stereocenters. The van der Waals surface area contributed by atoms with Gasteiger partial charge in [-0.2, -0.15) is 0 Å². The van der Waals surface area contributed by atoms with Gasteiger partial charge in [-0.05, 0) is 136 Å². The molecule has 0 radical (unpaired) electrons. The average Bonchev–Trinajstić information content (AvgIpc) is 3.74. The van der Waals surface area contributed by atoms with Crippen LogP contribution in [0.5, 0.6) is 0 Å². The molecule has 8 atom stereocenters. The van der Waals surface area contributed by atoms with Gasteiger partial charge in [0.25, 0.3) is 0 Å². The number of hydrogen-bond donors (Lipinski definition) is 0. The Kier molecular flexibility index (Phi) is 34.8. The maximum absolute atomic E-state index is 13.0. The summed E-state index contributed by atoms with van der Waals surface area (Å²) in [6.07, 6.45) is 80.2. The van der Waals surface area contributed by atoms with Gasteiger partial charge in [-0.1, -0.05) is 289 Å². The third-order valence-corrected chi connectivity index (χ3v) is 20.1. The smallest absolute Gasteiger partial charge is 0.306 e. The van der Waals surface area contributed by atoms with Crippen LogP contribution in [-0.2, 0) is 9.53 Å². The van der Waals surface area contributed by atoms with Gasteiger partial charge in [0.1, 0.15) is 6.10 Å². The molecule has 3 saturated carbocycles. The monoisotopic (exact) mass is 1010 g/mol. The van der Waals surface area contributed by atoms with Crippen molar-refractivity contribution >= 4 is 5.97 Å². The van der Waals surface area contributed by atoms with Crippen molar-refractivity contribution in [2.24, 2.45) is 46.3 Å². The van der Waals surface area contributed by atoms with Crippen LogP contribution in [0.4, 0.5) is 0 Å². The first kappa shape index (κ1) is 64.0. The highest BCUT2D eigenvalue weighted by atomic mass is 16.5. The predicted octanol–water partition coefficient (Wildman–Crippen LogP) is 23.7. The van der Waals surface area contributed by atoms with Crippen molar-refractivity contribution in [1.29, 1.82) is 0 Å². The molecule has 0 bridgehead atoms. The molecule has 0 aromatic heterocycles. The summed E-state index contributed by atoms with van der Waals surface area (Å²) in [5.41, 5.74) is 2.53. The van der Waals surface area contributed by atoms with E-state index in [9.17, 15) is 4.79 Å². The highest BCUT2D eigenvalue weighted by Gasteiger charge is 2.59. The Morgan fingerprint density at radius 3 is 1.49 bits per heavy atom. The SMILES string of the molecule is CCCCCCC/C=C\C/C=C\C/C=C\CCCCCCCCCCCCCCCCCCCCCCCCCCCCC(=O)OC1CCC2(C)C(=CCC3C2CCC2(C)C(C(C)CCCC(C)C)CCC32)C1. The fraction of sp³-hybridized carbons (Fsp3) is 0.873. The lowest BCUT2D eigenvalue weighted by Crippen LogP contribution is -2.51. The van der Waals surface area contributed by atoms with E-state index in [-0.39, 0.29) is 12.1 Å². The highest BCUT2D eigenvalue weighted by Crippen LogP contribution is 2.67. The summed E-state index contributed by atoms with van der Waals surface area (Å²) in [7, 11) is 0. The summed E-state index contributed by atoms with van der Waals surface area (Å²) in [5, 5.41) is 0. The van der Waals surface area contributed by atoms with E-state index in [1.54, 1.807) is 5.57 Å². The third kappa shape index (κ3) is 25.6. The number of ether oxygens (including phenoxy) is 1. The van der Waals surface area contributed by atoms with E-state index < -0.39 is 0 Å². The van der Waals surface area contributed by atoms with Crippen LogP contribution in [0.2, 0.25) is 0 Å². The molecular weight excluding hydrogens is 885 g/mol. The third-order valence-electron chi connectivity index (χ3n) is 20.1. The van der Waals surface area contributed by atoms with Crippen molar-refractivity contribution in [1.82, 2.24) is 0 Å². The van der Waals surface area contributed by atoms with Crippen molar-refractivity contribution in [3.05, 3.63) is 48.1 Å². The van der Waals surface area contributed by atoms with Crippen LogP contribution >= 0.6 is 0 Å². The van der Waals surface area contributed by atoms with Crippen LogP contribution < -0.4 is 0 Å². The van der Waals surface area contributed by atoms with E-state index >= 15 is 0 Å². The van der Waals surface area contributed by atoms with Crippen molar-refractivity contribution in [3.8, 4) is 0 Å². The van der Waals surface area contributed by atoms with Crippen LogP contribution in [-0.4, -0.2) is 12.1 Å². The molecule has 73 heavy (non-hydrogen) atoms. The molecule has 0 saturated heterocycles. The van der Waals surface area contributed by atoms with Gasteiger partial charge in [0, 0.05) is 12.8 Å². The number of hydrogen-bond acceptors (Lipinski definition) is 2. The predicted molar refractivity (Wildman–Crippen MR) is 322 cm³/mol. The molecule has 0 N–H and O–H groups in total. The largest absolute Gasteiger partial charge is 0.462 e. The fourth-order valence-electron chi connectivity index (χ4n) is 15.4. The number of esters is 1. The molecule has 0 amide bonds. The van der Waals surface area contributed by atoms with Crippen LogP contribution in [0.15, 0.2) is 48.1 Å². The highest BCUT2D eigenvalue weighted by molar-refractivity contribution is 5.69. The number of carbonyl (C=O) groups is 1. The van der Waals surface area contributed by atoms with E-state index in [2.05, 4.69) is 84.1 Å². The lowest BCUT2D eigenvalue weighted by Gasteiger charge is -2.58. The van der Waals surface area contributed by atoms with Gasteiger partial charge >= 0.3 is 5.97 Å². The number of unbranched alkanes of at least 4 members (excludes halogenated alkanes) is 31. The second-order valence-corrected chi connectivity index (χ2v) is 26.5. The number of carbonyl (C=O) groups excluding carboxylic acids is 1. The van der Waals surface area contributed by atoms with Crippen molar-refractivity contribution in [2.75, 3.05) is 0 Å². The Hall–Kier alpha value is -1.57. The molecule has 2 nitrogen and oxygen atoms in total. The van der Waals surface area contributed by atoms with Gasteiger partial charge in [0.2, 0.25) is 0 Å². The number of rotatable bonds is 45. The van der Waals surface area contributed by atoms with E-state index in [4.69, 9.17) is 4.74 Å². The molecule has 0 aliphatic heterocycles. The van der Waals surface area contributed by atoms with Gasteiger partial charge in [-0.25, -0.2) is 0 Å². The lowest BCUT2D eigenvalue weighted by atomic mass is 9.47. The van der Waals surface area contributed by atoms with Gasteiger partial charge in [0.15, 0.2) is 0 Å². The Labute approximate surface area is 457 Å². The second-order valence-electron chi connectivity index (χ2n) is 26.5. The van der Waals surface area contributed by atoms with Gasteiger partial charge in [-0.3, -0.25) is 4.79 Å². The lowest BCUT2D eigenvalue weighted by molar-refractivity contribution is -0.151. The molecule has 4 aliphatic carbocycles. The Bertz CT molecular complexity index is 1480. The first-order chi connectivity index (χ1) is 35.7. The average molecular weight is 1010 g/mol. The van der Waals surface area contributed by atoms with E-state index in [0.717, 1.165) is 67.6 Å². The quantitative estimate of drug-likeness (QED) is 0.0345. The zero-order chi connectivity index (χ0) is 52.1. The standard InChI is InChI=1S/C71H126O2/c1-7-8-9-10-11-12-13-14-15-16-17-18-19-20-21-22-23-24-25-26-27-28-29-30-31-32-33-34-35-36-37-38-39-40-41-42-43-44-45-46-47-51-69(72)73-64-56-58-70(5)63(60-64)52-53-65-67-55-54-66(62(4)50-48-49-61(2)3)71(67,6)59-57-68(65)70/h13-14,16-17,19-20,52,61-62,64-68H,7-12,15,18,21-51,53-60H2,1-6H3/b14-13-,17-16-,20-19-. The maximum atomic E-state index is 13.0. The Morgan fingerprint density at radius 2 is 1.00 bits per heavy atom. The molecule has 0 spiro atoms. The zero-order valence-corrected chi connectivity index (χ0v) is 50.1. The summed E-state index contributed by atoms with van der Waals surface area (Å²) < 4.78 is 6.19. The van der Waals surface area contributed by atoms with Crippen molar-refractivity contribution < 1.29 is 9.53 Å². The van der Waals surface area contributed by atoms with Crippen LogP contribution in [0.25, 0.3) is 0 Å². The summed E-state index contributed by atoms with van der Waals surface area (Å²) in [6.45, 7) is 15.0. The van der Waals surface area contributed by atoms with Gasteiger partial charge in [0.05, 0.1) is 0 Å². The summed E-state index contributed by atoms with van der Waals surface area (Å²) in [6, 6.07) is 0. The molecule has 3 fully saturated rings. The minimum Gasteiger partial charge on any atom is -0.462 e. The van der Waals surface area contributed by atoms with Gasteiger partial charge < -0.3 is 4.74 Å². The van der Waals surface area contributed by atoms with E-state index in [1.165, 1.54) is 263 Å². The normalized spacial score (nSPS) is 25.5. The number of allylic oxidation sites excluding steroid dienone is 7. The van der Waals surface area contributed by atoms with E-state index in [0.29, 0.717) is 17.3 Å². The second kappa shape index (κ2) is 39.7. The maximum Gasteiger partial charge on any atom is 0.306 e. The molecule has 4 rings (SSSR count). The topological polar surface area (TPSA) is 26.3 Å². The number of fused-ring (bicyclic) bond motifs is 5. The van der Waals surface area contributed by atoms with Crippen LogP contribution in [0.1, 0.15) is 343 Å². The molecule has 0 aromatic carbocycles. The van der Waals surface area contributed by atoms with Crippen molar-refractivity contribution in [3.63, 3.8) is 0 Å². The molecule has 0 heterocycles. The first-order valence-corrected chi connectivity index (χ1v) is 33.5. The van der Waals surface area contributed by atoms with Crippen molar-refractivity contribution in [2.45, 2.75) is 349 Å². The molecule has 422 valence electrons. The zero-order valence-electron chi connectivity index (χ0n) is 50.1. The van der Waals surface area contributed by atoms with Gasteiger partial charge in [-0.15, -0.1) is 0 Å². The summed E-state index contributed by atoms with van der Waals surface area (Å²) in [5.74, 6) is 5.32. The van der Waals surface area contributed by atoms with E-state index in [1.807, 2.05) is 0 Å². The summed E-state index contributed by atoms with van der Waals surface area (Å²) >= 11 is 0. The Balaban J connectivity index is 0.841. The molecule has 0 aromatic rings. The molecular formula is C71H126O2. The molecule has 4 aliphatic rings. The molecule has 2 heteroatoms. The Morgan fingerprint density at radius 1 is 0.534 bits per heavy atom. The van der Waals surface area contributed by atoms with Crippen LogP contribution in [0.3, 0.4) is 0 Å². The fourth-order valence-corrected chi connectivity index (χ4v) is 15.4. The summed E-state index contributed by atoms with van der Waals surface area (Å²) in [4.78, 5) is 13.0. The van der Waals surface area contributed by atoms with Crippen LogP contribution in [0, 0.1) is 46.3 Å². The minimum atomic E-state index is 0.0691. The first-order valence-electron chi connectivity index (χ1n) is 33.5. The minimum absolute atomic E-state index is 0.0691.